The number of epoxide rings is 1. The zero-order valence-electron chi connectivity index (χ0n) is 12.3. The third-order valence-electron chi connectivity index (χ3n) is 3.96. The molecule has 2 saturated heterocycles. The van der Waals surface area contributed by atoms with Gasteiger partial charge in [0.2, 0.25) is 0 Å². The van der Waals surface area contributed by atoms with Gasteiger partial charge in [-0.3, -0.25) is 0 Å². The number of ether oxygens (including phenoxy) is 2. The van der Waals surface area contributed by atoms with Crippen LogP contribution in [0.1, 0.15) is 48.0 Å². The molecule has 104 valence electrons. The van der Waals surface area contributed by atoms with Crippen molar-refractivity contribution in [2.45, 2.75) is 71.3 Å². The van der Waals surface area contributed by atoms with Crippen LogP contribution >= 0.6 is 0 Å². The largest absolute Gasteiger partial charge is 0.444 e. The highest BCUT2D eigenvalue weighted by Gasteiger charge is 2.63. The molecule has 0 aromatic heterocycles. The maximum absolute atomic E-state index is 12.1. The Hall–Kier alpha value is -0.770. The highest BCUT2D eigenvalue weighted by atomic mass is 16.6. The third kappa shape index (κ3) is 2.35. The first kappa shape index (κ1) is 13.7. The molecule has 2 aliphatic rings. The number of hydrogen-bond acceptors (Lipinski definition) is 3. The average molecular weight is 255 g/mol. The molecule has 0 aromatic rings. The van der Waals surface area contributed by atoms with Crippen molar-refractivity contribution in [3.8, 4) is 0 Å². The summed E-state index contributed by atoms with van der Waals surface area (Å²) in [6, 6.07) is 0.181. The van der Waals surface area contributed by atoms with Gasteiger partial charge in [-0.05, 0) is 40.0 Å². The van der Waals surface area contributed by atoms with E-state index in [1.54, 1.807) is 0 Å². The van der Waals surface area contributed by atoms with Crippen LogP contribution < -0.4 is 0 Å². The van der Waals surface area contributed by atoms with E-state index in [1.807, 2.05) is 25.7 Å². The van der Waals surface area contributed by atoms with Crippen LogP contribution in [-0.2, 0) is 9.47 Å². The van der Waals surface area contributed by atoms with Crippen LogP contribution in [0, 0.1) is 5.92 Å². The molecule has 0 spiro atoms. The minimum Gasteiger partial charge on any atom is -0.444 e. The van der Waals surface area contributed by atoms with E-state index in [2.05, 4.69) is 20.8 Å². The van der Waals surface area contributed by atoms with Gasteiger partial charge in [-0.2, -0.15) is 0 Å². The highest BCUT2D eigenvalue weighted by molar-refractivity contribution is 5.69. The third-order valence-corrected chi connectivity index (χ3v) is 3.96. The second kappa shape index (κ2) is 4.12. The molecule has 0 aromatic carbocycles. The van der Waals surface area contributed by atoms with Crippen molar-refractivity contribution < 1.29 is 14.3 Å². The molecule has 4 nitrogen and oxygen atoms in total. The van der Waals surface area contributed by atoms with Gasteiger partial charge in [-0.25, -0.2) is 4.79 Å². The summed E-state index contributed by atoms with van der Waals surface area (Å²) < 4.78 is 11.3. The summed E-state index contributed by atoms with van der Waals surface area (Å²) in [5.41, 5.74) is -0.425. The van der Waals surface area contributed by atoms with Gasteiger partial charge in [-0.1, -0.05) is 13.8 Å². The van der Waals surface area contributed by atoms with E-state index < -0.39 is 5.60 Å². The molecule has 3 atom stereocenters. The second-order valence-corrected chi connectivity index (χ2v) is 6.90. The molecule has 0 radical (unpaired) electrons. The summed E-state index contributed by atoms with van der Waals surface area (Å²) in [4.78, 5) is 13.9. The summed E-state index contributed by atoms with van der Waals surface area (Å²) in [7, 11) is 0. The van der Waals surface area contributed by atoms with Crippen molar-refractivity contribution in [3.05, 3.63) is 0 Å². The topological polar surface area (TPSA) is 42.1 Å². The molecule has 2 rings (SSSR count). The highest BCUT2D eigenvalue weighted by Crippen LogP contribution is 2.50. The van der Waals surface area contributed by atoms with E-state index in [4.69, 9.17) is 9.47 Å². The fourth-order valence-electron chi connectivity index (χ4n) is 2.85. The Morgan fingerprint density at radius 3 is 2.56 bits per heavy atom. The molecule has 0 N–H and O–H groups in total. The van der Waals surface area contributed by atoms with Gasteiger partial charge < -0.3 is 14.4 Å². The Kier molecular flexibility index (Phi) is 3.13. The van der Waals surface area contributed by atoms with Crippen LogP contribution in [0.5, 0.6) is 0 Å². The Morgan fingerprint density at radius 1 is 1.44 bits per heavy atom. The van der Waals surface area contributed by atoms with Crippen molar-refractivity contribution >= 4 is 6.09 Å². The Morgan fingerprint density at radius 2 is 2.06 bits per heavy atom. The number of carbonyl (C=O) groups is 1. The van der Waals surface area contributed by atoms with Crippen molar-refractivity contribution in [2.75, 3.05) is 6.54 Å². The zero-order valence-corrected chi connectivity index (χ0v) is 12.3. The number of rotatable bonds is 1. The van der Waals surface area contributed by atoms with Gasteiger partial charge in [0.1, 0.15) is 17.3 Å². The SMILES string of the molecule is CC(C)[C@]12C[C@@H](C)N(C(=O)OC(C)(C)C)C[C@@H]1O2. The first-order valence-electron chi connectivity index (χ1n) is 6.83. The summed E-state index contributed by atoms with van der Waals surface area (Å²) in [5, 5.41) is 0. The monoisotopic (exact) mass is 255 g/mol. The fraction of sp³-hybridized carbons (Fsp3) is 0.929. The summed E-state index contributed by atoms with van der Waals surface area (Å²) in [6.45, 7) is 12.8. The number of carbonyl (C=O) groups excluding carboxylic acids is 1. The minimum atomic E-state index is -0.437. The predicted molar refractivity (Wildman–Crippen MR) is 69.5 cm³/mol. The van der Waals surface area contributed by atoms with Crippen LogP contribution in [-0.4, -0.2) is 40.9 Å². The molecule has 1 amide bonds. The number of piperidine rings is 1. The number of fused-ring (bicyclic) bond motifs is 1. The van der Waals surface area contributed by atoms with Crippen LogP contribution in [0.3, 0.4) is 0 Å². The van der Waals surface area contributed by atoms with E-state index in [1.165, 1.54) is 0 Å². The molecular weight excluding hydrogens is 230 g/mol. The van der Waals surface area contributed by atoms with Gasteiger partial charge in [0.15, 0.2) is 0 Å². The Balaban J connectivity index is 2.00. The zero-order chi connectivity index (χ0) is 13.7. The molecule has 0 saturated carbocycles. The summed E-state index contributed by atoms with van der Waals surface area (Å²) in [5.74, 6) is 0.505. The van der Waals surface area contributed by atoms with E-state index in [0.29, 0.717) is 12.5 Å². The number of nitrogens with zero attached hydrogens (tertiary/aromatic N) is 1. The Labute approximate surface area is 110 Å². The van der Waals surface area contributed by atoms with Gasteiger partial charge in [0, 0.05) is 6.04 Å². The lowest BCUT2D eigenvalue weighted by atomic mass is 9.83. The van der Waals surface area contributed by atoms with Crippen LogP contribution in [0.2, 0.25) is 0 Å². The molecule has 0 bridgehead atoms. The van der Waals surface area contributed by atoms with E-state index >= 15 is 0 Å². The number of likely N-dealkylation sites (tertiary alicyclic amines) is 1. The van der Waals surface area contributed by atoms with Gasteiger partial charge in [-0.15, -0.1) is 0 Å². The predicted octanol–water partition coefficient (Wildman–Crippen LogP) is 2.81. The summed E-state index contributed by atoms with van der Waals surface area (Å²) >= 11 is 0. The number of hydrogen-bond donors (Lipinski definition) is 0. The smallest absolute Gasteiger partial charge is 0.410 e. The standard InChI is InChI=1S/C14H25NO3/c1-9(2)14-7-10(3)15(8-11(14)17-14)12(16)18-13(4,5)6/h9-11H,7-8H2,1-6H3/t10-,11+,14-/m1/s1. The fourth-order valence-corrected chi connectivity index (χ4v) is 2.85. The molecule has 4 heteroatoms. The average Bonchev–Trinajstić information content (AvgIpc) is 2.88. The normalized spacial score (nSPS) is 35.4. The molecule has 2 heterocycles. The molecular formula is C14H25NO3. The van der Waals surface area contributed by atoms with E-state index in [-0.39, 0.29) is 23.8 Å². The molecule has 0 unspecified atom stereocenters. The maximum Gasteiger partial charge on any atom is 0.410 e. The van der Waals surface area contributed by atoms with E-state index in [9.17, 15) is 4.79 Å². The van der Waals surface area contributed by atoms with Gasteiger partial charge in [0.05, 0.1) is 6.54 Å². The molecule has 2 fully saturated rings. The molecule has 2 aliphatic heterocycles. The lowest BCUT2D eigenvalue weighted by molar-refractivity contribution is 0.0109. The maximum atomic E-state index is 12.1. The lowest BCUT2D eigenvalue weighted by Gasteiger charge is -2.36. The van der Waals surface area contributed by atoms with Crippen LogP contribution in [0.15, 0.2) is 0 Å². The van der Waals surface area contributed by atoms with Crippen molar-refractivity contribution in [2.24, 2.45) is 5.92 Å². The van der Waals surface area contributed by atoms with Crippen molar-refractivity contribution in [1.29, 1.82) is 0 Å². The lowest BCUT2D eigenvalue weighted by Crippen LogP contribution is -2.51. The van der Waals surface area contributed by atoms with Crippen LogP contribution in [0.25, 0.3) is 0 Å². The van der Waals surface area contributed by atoms with E-state index in [0.717, 1.165) is 6.42 Å². The van der Waals surface area contributed by atoms with Crippen LogP contribution in [0.4, 0.5) is 4.79 Å². The van der Waals surface area contributed by atoms with Gasteiger partial charge in [0.25, 0.3) is 0 Å². The number of amides is 1. The molecule has 18 heavy (non-hydrogen) atoms. The Bertz CT molecular complexity index is 347. The second-order valence-electron chi connectivity index (χ2n) is 6.90. The summed E-state index contributed by atoms with van der Waals surface area (Å²) in [6.07, 6.45) is 0.887. The quantitative estimate of drug-likeness (QED) is 0.677. The minimum absolute atomic E-state index is 0.0118. The first-order chi connectivity index (χ1) is 8.16. The first-order valence-corrected chi connectivity index (χ1v) is 6.83. The van der Waals surface area contributed by atoms with Crippen molar-refractivity contribution in [3.63, 3.8) is 0 Å². The van der Waals surface area contributed by atoms with Crippen molar-refractivity contribution in [1.82, 2.24) is 4.90 Å². The molecule has 0 aliphatic carbocycles. The van der Waals surface area contributed by atoms with Gasteiger partial charge >= 0.3 is 6.09 Å².